The SMILES string of the molecule is CC(O)c1cc(Br)ccc1N1CCOC(C#N)C1. The lowest BCUT2D eigenvalue weighted by molar-refractivity contribution is 0.0761. The van der Waals surface area contributed by atoms with Gasteiger partial charge in [0.25, 0.3) is 0 Å². The summed E-state index contributed by atoms with van der Waals surface area (Å²) in [7, 11) is 0. The van der Waals surface area contributed by atoms with Gasteiger partial charge < -0.3 is 14.7 Å². The van der Waals surface area contributed by atoms with Crippen LogP contribution in [0.2, 0.25) is 0 Å². The molecule has 18 heavy (non-hydrogen) atoms. The van der Waals surface area contributed by atoms with E-state index < -0.39 is 12.2 Å². The van der Waals surface area contributed by atoms with Crippen LogP contribution in [-0.2, 0) is 4.74 Å². The molecule has 0 radical (unpaired) electrons. The minimum absolute atomic E-state index is 0.399. The number of anilines is 1. The van der Waals surface area contributed by atoms with E-state index in [0.717, 1.165) is 22.3 Å². The average Bonchev–Trinajstić information content (AvgIpc) is 2.38. The molecular weight excluding hydrogens is 296 g/mol. The van der Waals surface area contributed by atoms with Crippen molar-refractivity contribution in [1.82, 2.24) is 0 Å². The molecule has 1 aliphatic heterocycles. The van der Waals surface area contributed by atoms with Crippen molar-refractivity contribution >= 4 is 21.6 Å². The van der Waals surface area contributed by atoms with Crippen LogP contribution in [-0.4, -0.2) is 30.9 Å². The van der Waals surface area contributed by atoms with Gasteiger partial charge in [-0.2, -0.15) is 5.26 Å². The van der Waals surface area contributed by atoms with Crippen LogP contribution in [0.4, 0.5) is 5.69 Å². The zero-order chi connectivity index (χ0) is 13.1. The molecule has 1 aromatic carbocycles. The van der Waals surface area contributed by atoms with Crippen LogP contribution in [0.25, 0.3) is 0 Å². The van der Waals surface area contributed by atoms with Crippen LogP contribution in [0.5, 0.6) is 0 Å². The van der Waals surface area contributed by atoms with Crippen molar-refractivity contribution in [3.05, 3.63) is 28.2 Å². The van der Waals surface area contributed by atoms with Crippen molar-refractivity contribution in [3.63, 3.8) is 0 Å². The Kier molecular flexibility index (Phi) is 4.23. The summed E-state index contributed by atoms with van der Waals surface area (Å²) in [4.78, 5) is 2.09. The number of nitriles is 1. The first-order valence-corrected chi connectivity index (χ1v) is 6.65. The molecule has 1 saturated heterocycles. The fourth-order valence-electron chi connectivity index (χ4n) is 2.09. The molecule has 0 bridgehead atoms. The van der Waals surface area contributed by atoms with Crippen molar-refractivity contribution in [1.29, 1.82) is 5.26 Å². The molecule has 2 unspecified atom stereocenters. The Bertz CT molecular complexity index is 471. The molecule has 96 valence electrons. The van der Waals surface area contributed by atoms with Gasteiger partial charge in [0.2, 0.25) is 0 Å². The number of morpholine rings is 1. The summed E-state index contributed by atoms with van der Waals surface area (Å²) in [5.41, 5.74) is 1.83. The number of benzene rings is 1. The van der Waals surface area contributed by atoms with Crippen LogP contribution in [0.3, 0.4) is 0 Å². The van der Waals surface area contributed by atoms with E-state index in [1.807, 2.05) is 18.2 Å². The highest BCUT2D eigenvalue weighted by Crippen LogP contribution is 2.30. The normalized spacial score (nSPS) is 21.4. The van der Waals surface area contributed by atoms with Gasteiger partial charge in [0.15, 0.2) is 6.10 Å². The number of hydrogen-bond acceptors (Lipinski definition) is 4. The lowest BCUT2D eigenvalue weighted by atomic mass is 10.1. The molecule has 4 nitrogen and oxygen atoms in total. The molecular formula is C13H15BrN2O2. The van der Waals surface area contributed by atoms with Crippen molar-refractivity contribution < 1.29 is 9.84 Å². The quantitative estimate of drug-likeness (QED) is 0.910. The van der Waals surface area contributed by atoms with E-state index in [0.29, 0.717) is 13.2 Å². The van der Waals surface area contributed by atoms with Gasteiger partial charge in [-0.15, -0.1) is 0 Å². The fraction of sp³-hybridized carbons (Fsp3) is 0.462. The largest absolute Gasteiger partial charge is 0.389 e. The maximum absolute atomic E-state index is 9.84. The summed E-state index contributed by atoms with van der Waals surface area (Å²) in [6.45, 7) is 3.55. The van der Waals surface area contributed by atoms with Gasteiger partial charge in [0, 0.05) is 22.3 Å². The summed E-state index contributed by atoms with van der Waals surface area (Å²) in [6, 6.07) is 7.95. The van der Waals surface area contributed by atoms with Crippen molar-refractivity contribution in [3.8, 4) is 6.07 Å². The van der Waals surface area contributed by atoms with Crippen LogP contribution >= 0.6 is 15.9 Å². The molecule has 2 atom stereocenters. The monoisotopic (exact) mass is 310 g/mol. The highest BCUT2D eigenvalue weighted by molar-refractivity contribution is 9.10. The van der Waals surface area contributed by atoms with E-state index in [1.54, 1.807) is 6.92 Å². The number of ether oxygens (including phenoxy) is 1. The van der Waals surface area contributed by atoms with E-state index in [-0.39, 0.29) is 0 Å². The smallest absolute Gasteiger partial charge is 0.161 e. The Labute approximate surface area is 115 Å². The zero-order valence-corrected chi connectivity index (χ0v) is 11.7. The molecule has 1 heterocycles. The second kappa shape index (κ2) is 5.70. The third-order valence-electron chi connectivity index (χ3n) is 2.99. The minimum atomic E-state index is -0.541. The topological polar surface area (TPSA) is 56.5 Å². The van der Waals surface area contributed by atoms with E-state index in [9.17, 15) is 5.11 Å². The third kappa shape index (κ3) is 2.83. The van der Waals surface area contributed by atoms with Crippen LogP contribution in [0.1, 0.15) is 18.6 Å². The van der Waals surface area contributed by atoms with Gasteiger partial charge in [-0.25, -0.2) is 0 Å². The van der Waals surface area contributed by atoms with Gasteiger partial charge in [-0.3, -0.25) is 0 Å². The second-order valence-electron chi connectivity index (χ2n) is 4.31. The van der Waals surface area contributed by atoms with Crippen LogP contribution in [0, 0.1) is 11.3 Å². The standard InChI is InChI=1S/C13H15BrN2O2/c1-9(17)12-6-10(14)2-3-13(12)16-4-5-18-11(7-15)8-16/h2-3,6,9,11,17H,4-5,8H2,1H3. The zero-order valence-electron chi connectivity index (χ0n) is 10.1. The van der Waals surface area contributed by atoms with Crippen LogP contribution in [0.15, 0.2) is 22.7 Å². The van der Waals surface area contributed by atoms with Gasteiger partial charge in [-0.05, 0) is 25.1 Å². The lowest BCUT2D eigenvalue weighted by Gasteiger charge is -2.33. The van der Waals surface area contributed by atoms with Gasteiger partial charge in [0.1, 0.15) is 0 Å². The molecule has 1 fully saturated rings. The first kappa shape index (κ1) is 13.3. The van der Waals surface area contributed by atoms with E-state index in [1.165, 1.54) is 0 Å². The van der Waals surface area contributed by atoms with Crippen molar-refractivity contribution in [2.45, 2.75) is 19.1 Å². The minimum Gasteiger partial charge on any atom is -0.389 e. The molecule has 1 N–H and O–H groups in total. The Morgan fingerprint density at radius 3 is 3.06 bits per heavy atom. The Hall–Kier alpha value is -1.09. The third-order valence-corrected chi connectivity index (χ3v) is 3.48. The molecule has 5 heteroatoms. The Balaban J connectivity index is 2.30. The first-order valence-electron chi connectivity index (χ1n) is 5.85. The maximum Gasteiger partial charge on any atom is 0.161 e. The summed E-state index contributed by atoms with van der Waals surface area (Å²) in [6.07, 6.45) is -0.940. The molecule has 1 aliphatic rings. The molecule has 0 aromatic heterocycles. The van der Waals surface area contributed by atoms with E-state index in [4.69, 9.17) is 10.00 Å². The molecule has 0 saturated carbocycles. The van der Waals surface area contributed by atoms with Crippen molar-refractivity contribution in [2.24, 2.45) is 0 Å². The Morgan fingerprint density at radius 2 is 2.39 bits per heavy atom. The molecule has 0 spiro atoms. The average molecular weight is 311 g/mol. The molecule has 2 rings (SSSR count). The molecule has 1 aromatic rings. The number of nitrogens with zero attached hydrogens (tertiary/aromatic N) is 2. The second-order valence-corrected chi connectivity index (χ2v) is 5.23. The van der Waals surface area contributed by atoms with Crippen LogP contribution < -0.4 is 4.90 Å². The highest BCUT2D eigenvalue weighted by Gasteiger charge is 2.23. The van der Waals surface area contributed by atoms with Gasteiger partial charge in [0.05, 0.1) is 25.3 Å². The lowest BCUT2D eigenvalue weighted by Crippen LogP contribution is -2.42. The maximum atomic E-state index is 9.84. The highest BCUT2D eigenvalue weighted by atomic mass is 79.9. The summed E-state index contributed by atoms with van der Waals surface area (Å²) in [5.74, 6) is 0. The molecule has 0 aliphatic carbocycles. The van der Waals surface area contributed by atoms with E-state index in [2.05, 4.69) is 26.9 Å². The predicted octanol–water partition coefficient (Wildman–Crippen LogP) is 2.23. The van der Waals surface area contributed by atoms with E-state index >= 15 is 0 Å². The van der Waals surface area contributed by atoms with Gasteiger partial charge >= 0.3 is 0 Å². The fourth-order valence-corrected chi connectivity index (χ4v) is 2.47. The number of aliphatic hydroxyl groups excluding tert-OH is 1. The first-order chi connectivity index (χ1) is 8.61. The number of aliphatic hydroxyl groups is 1. The predicted molar refractivity (Wildman–Crippen MR) is 72.3 cm³/mol. The van der Waals surface area contributed by atoms with Crippen molar-refractivity contribution in [2.75, 3.05) is 24.6 Å². The number of halogens is 1. The summed E-state index contributed by atoms with van der Waals surface area (Å²) >= 11 is 3.41. The van der Waals surface area contributed by atoms with Gasteiger partial charge in [-0.1, -0.05) is 15.9 Å². The summed E-state index contributed by atoms with van der Waals surface area (Å²) in [5, 5.41) is 18.8. The number of hydrogen-bond donors (Lipinski definition) is 1. The molecule has 0 amide bonds. The number of rotatable bonds is 2. The summed E-state index contributed by atoms with van der Waals surface area (Å²) < 4.78 is 6.27. The Morgan fingerprint density at radius 1 is 1.61 bits per heavy atom.